The van der Waals surface area contributed by atoms with Crippen LogP contribution in [0.25, 0.3) is 11.3 Å². The van der Waals surface area contributed by atoms with Crippen LogP contribution in [-0.4, -0.2) is 32.5 Å². The highest BCUT2D eigenvalue weighted by Crippen LogP contribution is 2.32. The van der Waals surface area contributed by atoms with Crippen molar-refractivity contribution in [3.8, 4) is 22.8 Å². The third-order valence-corrected chi connectivity index (χ3v) is 2.38. The Kier molecular flexibility index (Phi) is 3.37. The van der Waals surface area contributed by atoms with Gasteiger partial charge in [-0.15, -0.1) is 0 Å². The summed E-state index contributed by atoms with van der Waals surface area (Å²) in [5.41, 5.74) is 5.72. The number of carbonyl (C=O) groups is 1. The zero-order valence-corrected chi connectivity index (χ0v) is 10.5. The maximum atomic E-state index is 11.2. The lowest BCUT2D eigenvalue weighted by atomic mass is 10.1. The molecule has 2 aromatic rings. The van der Waals surface area contributed by atoms with Crippen molar-refractivity contribution in [3.05, 3.63) is 23.9 Å². The quantitative estimate of drug-likeness (QED) is 0.762. The lowest BCUT2D eigenvalue weighted by Crippen LogP contribution is -2.12. The van der Waals surface area contributed by atoms with E-state index >= 15 is 0 Å². The molecule has 0 aliphatic carbocycles. The van der Waals surface area contributed by atoms with Gasteiger partial charge in [0.15, 0.2) is 5.69 Å². The zero-order valence-electron chi connectivity index (χ0n) is 10.5. The van der Waals surface area contributed by atoms with E-state index in [0.29, 0.717) is 11.3 Å². The summed E-state index contributed by atoms with van der Waals surface area (Å²) in [5.74, 6) is -0.249. The Morgan fingerprint density at radius 3 is 2.74 bits per heavy atom. The molecule has 7 heteroatoms. The topological polar surface area (TPSA) is 114 Å². The second-order valence-electron chi connectivity index (χ2n) is 4.23. The van der Waals surface area contributed by atoms with E-state index in [1.54, 1.807) is 12.1 Å². The molecular weight excluding hydrogens is 248 g/mol. The van der Waals surface area contributed by atoms with Crippen LogP contribution in [0.2, 0.25) is 0 Å². The van der Waals surface area contributed by atoms with Gasteiger partial charge in [-0.1, -0.05) is 0 Å². The number of phenolic OH excluding ortho intramolecular Hbond substituents is 1. The smallest absolute Gasteiger partial charge is 0.271 e. The third-order valence-electron chi connectivity index (χ3n) is 2.38. The number of H-pyrrole nitrogens is 1. The molecule has 19 heavy (non-hydrogen) atoms. The minimum absolute atomic E-state index is 0.00141. The fraction of sp³-hybridized carbons (Fsp3) is 0.250. The number of phenols is 1. The van der Waals surface area contributed by atoms with E-state index in [0.717, 1.165) is 0 Å². The lowest BCUT2D eigenvalue weighted by Gasteiger charge is -2.11. The number of nitrogens with zero attached hydrogens (tertiary/aromatic N) is 2. The molecule has 0 spiro atoms. The van der Waals surface area contributed by atoms with Gasteiger partial charge in [0.2, 0.25) is 0 Å². The molecule has 0 radical (unpaired) electrons. The van der Waals surface area contributed by atoms with Crippen LogP contribution >= 0.6 is 0 Å². The maximum absolute atomic E-state index is 11.2. The number of benzene rings is 1. The Bertz CT molecular complexity index is 607. The van der Waals surface area contributed by atoms with Gasteiger partial charge in [0.1, 0.15) is 17.2 Å². The number of ether oxygens (including phenoxy) is 1. The number of nitrogens with one attached hydrogen (secondary N) is 1. The normalized spacial score (nSPS) is 10.7. The van der Waals surface area contributed by atoms with Crippen LogP contribution in [0.5, 0.6) is 11.5 Å². The highest BCUT2D eigenvalue weighted by molar-refractivity contribution is 5.97. The van der Waals surface area contributed by atoms with Crippen molar-refractivity contribution in [1.29, 1.82) is 0 Å². The molecule has 1 heterocycles. The van der Waals surface area contributed by atoms with Crippen LogP contribution in [0.15, 0.2) is 18.2 Å². The van der Waals surface area contributed by atoms with Crippen LogP contribution in [0.1, 0.15) is 24.3 Å². The summed E-state index contributed by atoms with van der Waals surface area (Å²) in [6.45, 7) is 3.77. The van der Waals surface area contributed by atoms with Crippen molar-refractivity contribution in [2.24, 2.45) is 5.73 Å². The second kappa shape index (κ2) is 4.97. The van der Waals surface area contributed by atoms with Crippen LogP contribution in [0, 0.1) is 0 Å². The summed E-state index contributed by atoms with van der Waals surface area (Å²) < 4.78 is 5.45. The molecular formula is C12H14N4O3. The summed E-state index contributed by atoms with van der Waals surface area (Å²) in [7, 11) is 0. The standard InChI is InChI=1S/C12H14N4O3/c1-6(2)19-7-3-4-8(9(17)5-7)10-11(12(13)18)15-16-14-10/h3-6,17H,1-2H3,(H2,13,18)(H,14,15,16). The van der Waals surface area contributed by atoms with E-state index in [1.165, 1.54) is 6.07 Å². The largest absolute Gasteiger partial charge is 0.507 e. The van der Waals surface area contributed by atoms with Gasteiger partial charge in [-0.3, -0.25) is 4.79 Å². The van der Waals surface area contributed by atoms with Crippen molar-refractivity contribution in [2.75, 3.05) is 0 Å². The lowest BCUT2D eigenvalue weighted by molar-refractivity contribution is 0.0996. The Hall–Kier alpha value is -2.57. The second-order valence-corrected chi connectivity index (χ2v) is 4.23. The van der Waals surface area contributed by atoms with E-state index in [4.69, 9.17) is 10.5 Å². The first-order chi connectivity index (χ1) is 8.99. The van der Waals surface area contributed by atoms with Gasteiger partial charge in [-0.2, -0.15) is 15.4 Å². The first-order valence-corrected chi connectivity index (χ1v) is 5.69. The highest BCUT2D eigenvalue weighted by atomic mass is 16.5. The SMILES string of the molecule is CC(C)Oc1ccc(-c2n[nH]nc2C(N)=O)c(O)c1. The molecule has 0 saturated heterocycles. The molecule has 0 aliphatic rings. The van der Waals surface area contributed by atoms with Gasteiger partial charge in [0.05, 0.1) is 6.10 Å². The van der Waals surface area contributed by atoms with Gasteiger partial charge in [-0.25, -0.2) is 0 Å². The molecule has 1 aromatic carbocycles. The summed E-state index contributed by atoms with van der Waals surface area (Å²) in [6.07, 6.45) is -0.00141. The minimum Gasteiger partial charge on any atom is -0.507 e. The number of aromatic hydroxyl groups is 1. The highest BCUT2D eigenvalue weighted by Gasteiger charge is 2.18. The number of primary amides is 1. The van der Waals surface area contributed by atoms with Crippen molar-refractivity contribution in [2.45, 2.75) is 20.0 Å². The van der Waals surface area contributed by atoms with Crippen LogP contribution in [0.4, 0.5) is 0 Å². The van der Waals surface area contributed by atoms with Gasteiger partial charge in [0.25, 0.3) is 5.91 Å². The van der Waals surface area contributed by atoms with Crippen molar-refractivity contribution in [1.82, 2.24) is 15.4 Å². The summed E-state index contributed by atoms with van der Waals surface area (Å²) in [6, 6.07) is 4.72. The molecule has 0 fully saturated rings. The van der Waals surface area contributed by atoms with Crippen molar-refractivity contribution < 1.29 is 14.6 Å². The number of aromatic amines is 1. The van der Waals surface area contributed by atoms with E-state index in [-0.39, 0.29) is 23.2 Å². The Labute approximate surface area is 109 Å². The molecule has 100 valence electrons. The van der Waals surface area contributed by atoms with Crippen molar-refractivity contribution >= 4 is 5.91 Å². The van der Waals surface area contributed by atoms with Gasteiger partial charge < -0.3 is 15.6 Å². The van der Waals surface area contributed by atoms with E-state index in [2.05, 4.69) is 15.4 Å². The maximum Gasteiger partial charge on any atom is 0.271 e. The molecule has 0 aliphatic heterocycles. The molecule has 1 amide bonds. The third kappa shape index (κ3) is 2.65. The molecule has 2 rings (SSSR count). The molecule has 0 bridgehead atoms. The summed E-state index contributed by atoms with van der Waals surface area (Å²) in [5, 5.41) is 19.7. The molecule has 0 saturated carbocycles. The van der Waals surface area contributed by atoms with Crippen LogP contribution < -0.4 is 10.5 Å². The van der Waals surface area contributed by atoms with Gasteiger partial charge in [-0.05, 0) is 26.0 Å². The fourth-order valence-corrected chi connectivity index (χ4v) is 1.65. The number of nitrogens with two attached hydrogens (primary N) is 1. The molecule has 4 N–H and O–H groups in total. The van der Waals surface area contributed by atoms with E-state index in [1.807, 2.05) is 13.8 Å². The summed E-state index contributed by atoms with van der Waals surface area (Å²) in [4.78, 5) is 11.2. The number of carbonyl (C=O) groups excluding carboxylic acids is 1. The fourth-order valence-electron chi connectivity index (χ4n) is 1.65. The molecule has 0 unspecified atom stereocenters. The van der Waals surface area contributed by atoms with Crippen LogP contribution in [-0.2, 0) is 0 Å². The predicted molar refractivity (Wildman–Crippen MR) is 67.8 cm³/mol. The van der Waals surface area contributed by atoms with E-state index < -0.39 is 5.91 Å². The molecule has 7 nitrogen and oxygen atoms in total. The average molecular weight is 262 g/mol. The van der Waals surface area contributed by atoms with Crippen molar-refractivity contribution in [3.63, 3.8) is 0 Å². The first kappa shape index (κ1) is 12.9. The Balaban J connectivity index is 2.41. The Morgan fingerprint density at radius 2 is 2.16 bits per heavy atom. The first-order valence-electron chi connectivity index (χ1n) is 5.69. The Morgan fingerprint density at radius 1 is 1.42 bits per heavy atom. The molecule has 1 aromatic heterocycles. The van der Waals surface area contributed by atoms with Gasteiger partial charge in [0, 0.05) is 11.6 Å². The van der Waals surface area contributed by atoms with E-state index in [9.17, 15) is 9.90 Å². The molecule has 0 atom stereocenters. The number of amides is 1. The number of hydrogen-bond acceptors (Lipinski definition) is 5. The van der Waals surface area contributed by atoms with Crippen LogP contribution in [0.3, 0.4) is 0 Å². The summed E-state index contributed by atoms with van der Waals surface area (Å²) >= 11 is 0. The van der Waals surface area contributed by atoms with Gasteiger partial charge >= 0.3 is 0 Å². The number of hydrogen-bond donors (Lipinski definition) is 3. The number of rotatable bonds is 4. The number of aromatic nitrogens is 3. The minimum atomic E-state index is -0.717. The zero-order chi connectivity index (χ0) is 14.0. The monoisotopic (exact) mass is 262 g/mol. The average Bonchev–Trinajstić information content (AvgIpc) is 2.77. The predicted octanol–water partition coefficient (Wildman–Crippen LogP) is 1.06.